The number of fused-ring (bicyclic) bond motifs is 1. The highest BCUT2D eigenvalue weighted by molar-refractivity contribution is 5.86. The lowest BCUT2D eigenvalue weighted by atomic mass is 9.94. The van der Waals surface area contributed by atoms with Gasteiger partial charge in [-0.25, -0.2) is 4.79 Å². The summed E-state index contributed by atoms with van der Waals surface area (Å²) in [6.45, 7) is 7.13. The first kappa shape index (κ1) is 22.2. The first-order valence-electron chi connectivity index (χ1n) is 11.1. The second-order valence-electron chi connectivity index (χ2n) is 9.43. The zero-order valence-corrected chi connectivity index (χ0v) is 19.5. The zero-order chi connectivity index (χ0) is 22.9. The van der Waals surface area contributed by atoms with Gasteiger partial charge in [-0.05, 0) is 75.1 Å². The number of carbonyl (C=O) groups is 1. The van der Waals surface area contributed by atoms with Gasteiger partial charge in [0.25, 0.3) is 0 Å². The Morgan fingerprint density at radius 3 is 2.25 bits per heavy atom. The Hall–Kier alpha value is -2.99. The summed E-state index contributed by atoms with van der Waals surface area (Å²) in [6, 6.07) is 14.7. The van der Waals surface area contributed by atoms with Gasteiger partial charge in [-0.1, -0.05) is 12.1 Å². The number of rotatable bonds is 5. The van der Waals surface area contributed by atoms with E-state index in [1.165, 1.54) is 11.1 Å². The summed E-state index contributed by atoms with van der Waals surface area (Å²) in [5, 5.41) is 3.00. The van der Waals surface area contributed by atoms with Gasteiger partial charge in [-0.3, -0.25) is 0 Å². The fourth-order valence-corrected chi connectivity index (χ4v) is 4.08. The van der Waals surface area contributed by atoms with Gasteiger partial charge < -0.3 is 19.3 Å². The molecular formula is C26H32N2O4. The minimum absolute atomic E-state index is 0.177. The maximum atomic E-state index is 12.1. The molecule has 0 bridgehead atoms. The van der Waals surface area contributed by atoms with E-state index in [1.807, 2.05) is 44.0 Å². The number of piperidine rings is 1. The minimum atomic E-state index is -0.486. The standard InChI is InChI=1S/C26H32N2O4/c1-26(2,3)25(29)32-28-12-10-17(11-13-28)22-15-20-14-18(6-8-21(20)27-22)19-7-9-23(30-4)24(16-19)31-5/h6-9,14-17,27H,10-13H2,1-5H3. The molecule has 2 aromatic carbocycles. The van der Waals surface area contributed by atoms with Crippen molar-refractivity contribution >= 4 is 16.9 Å². The van der Waals surface area contributed by atoms with Crippen molar-refractivity contribution in [2.45, 2.75) is 39.5 Å². The highest BCUT2D eigenvalue weighted by Crippen LogP contribution is 2.35. The number of methoxy groups -OCH3 is 2. The molecule has 0 amide bonds. The van der Waals surface area contributed by atoms with Crippen LogP contribution >= 0.6 is 0 Å². The summed E-state index contributed by atoms with van der Waals surface area (Å²) >= 11 is 0. The number of ether oxygens (including phenoxy) is 2. The molecule has 0 saturated carbocycles. The zero-order valence-electron chi connectivity index (χ0n) is 19.5. The summed E-state index contributed by atoms with van der Waals surface area (Å²) in [5.41, 5.74) is 4.10. The summed E-state index contributed by atoms with van der Waals surface area (Å²) in [7, 11) is 3.29. The van der Waals surface area contributed by atoms with Crippen LogP contribution in [0.15, 0.2) is 42.5 Å². The summed E-state index contributed by atoms with van der Waals surface area (Å²) < 4.78 is 10.8. The first-order chi connectivity index (χ1) is 15.3. The van der Waals surface area contributed by atoms with Crippen LogP contribution in [-0.2, 0) is 9.63 Å². The Labute approximate surface area is 189 Å². The number of carbonyl (C=O) groups excluding carboxylic acids is 1. The Bertz CT molecular complexity index is 1100. The van der Waals surface area contributed by atoms with Gasteiger partial charge in [0.2, 0.25) is 0 Å². The van der Waals surface area contributed by atoms with Gasteiger partial charge in [0, 0.05) is 35.6 Å². The number of hydroxylamine groups is 2. The number of nitrogens with zero attached hydrogens (tertiary/aromatic N) is 1. The Morgan fingerprint density at radius 1 is 0.938 bits per heavy atom. The highest BCUT2D eigenvalue weighted by Gasteiger charge is 2.29. The number of nitrogens with one attached hydrogen (secondary N) is 1. The van der Waals surface area contributed by atoms with Crippen LogP contribution in [0.2, 0.25) is 0 Å². The number of hydrogen-bond acceptors (Lipinski definition) is 5. The number of benzene rings is 2. The topological polar surface area (TPSA) is 63.8 Å². The molecule has 2 heterocycles. The van der Waals surface area contributed by atoms with Crippen LogP contribution in [-0.4, -0.2) is 43.3 Å². The average molecular weight is 437 g/mol. The summed E-state index contributed by atoms with van der Waals surface area (Å²) in [6.07, 6.45) is 1.90. The van der Waals surface area contributed by atoms with E-state index in [1.54, 1.807) is 14.2 Å². The lowest BCUT2D eigenvalue weighted by Crippen LogP contribution is -2.38. The summed E-state index contributed by atoms with van der Waals surface area (Å²) in [4.78, 5) is 21.3. The maximum absolute atomic E-state index is 12.1. The Kier molecular flexibility index (Phi) is 6.15. The lowest BCUT2D eigenvalue weighted by molar-refractivity contribution is -0.204. The van der Waals surface area contributed by atoms with Crippen molar-refractivity contribution in [3.05, 3.63) is 48.2 Å². The molecule has 1 aromatic heterocycles. The number of H-pyrrole nitrogens is 1. The second kappa shape index (κ2) is 8.87. The average Bonchev–Trinajstić information content (AvgIpc) is 3.21. The third-order valence-electron chi connectivity index (χ3n) is 6.08. The molecule has 0 atom stereocenters. The molecule has 32 heavy (non-hydrogen) atoms. The van der Waals surface area contributed by atoms with Crippen LogP contribution in [0.5, 0.6) is 11.5 Å². The second-order valence-corrected chi connectivity index (χ2v) is 9.43. The molecule has 6 nitrogen and oxygen atoms in total. The smallest absolute Gasteiger partial charge is 0.330 e. The molecule has 0 radical (unpaired) electrons. The van der Waals surface area contributed by atoms with Crippen LogP contribution in [0.25, 0.3) is 22.0 Å². The monoisotopic (exact) mass is 436 g/mol. The van der Waals surface area contributed by atoms with E-state index in [0.717, 1.165) is 54.1 Å². The molecule has 0 spiro atoms. The van der Waals surface area contributed by atoms with Gasteiger partial charge in [-0.15, -0.1) is 5.06 Å². The van der Waals surface area contributed by atoms with Crippen molar-refractivity contribution in [3.63, 3.8) is 0 Å². The predicted molar refractivity (Wildman–Crippen MR) is 126 cm³/mol. The van der Waals surface area contributed by atoms with E-state index in [-0.39, 0.29) is 5.97 Å². The van der Waals surface area contributed by atoms with Crippen molar-refractivity contribution in [1.82, 2.24) is 10.0 Å². The van der Waals surface area contributed by atoms with E-state index in [9.17, 15) is 4.79 Å². The molecule has 170 valence electrons. The van der Waals surface area contributed by atoms with Crippen molar-refractivity contribution in [1.29, 1.82) is 0 Å². The Balaban J connectivity index is 1.48. The van der Waals surface area contributed by atoms with Gasteiger partial charge in [0.15, 0.2) is 11.5 Å². The lowest BCUT2D eigenvalue weighted by Gasteiger charge is -2.31. The van der Waals surface area contributed by atoms with Crippen molar-refractivity contribution in [3.8, 4) is 22.6 Å². The van der Waals surface area contributed by atoms with Gasteiger partial charge in [0.1, 0.15) is 0 Å². The van der Waals surface area contributed by atoms with Crippen molar-refractivity contribution in [2.75, 3.05) is 27.3 Å². The molecular weight excluding hydrogens is 404 g/mol. The van der Waals surface area contributed by atoms with E-state index in [4.69, 9.17) is 14.3 Å². The Morgan fingerprint density at radius 2 is 1.59 bits per heavy atom. The van der Waals surface area contributed by atoms with E-state index < -0.39 is 5.41 Å². The fraction of sp³-hybridized carbons (Fsp3) is 0.423. The molecule has 0 aliphatic carbocycles. The van der Waals surface area contributed by atoms with Gasteiger partial charge in [-0.2, -0.15) is 0 Å². The number of aromatic amines is 1. The van der Waals surface area contributed by atoms with Crippen molar-refractivity contribution in [2.24, 2.45) is 5.41 Å². The van der Waals surface area contributed by atoms with Crippen LogP contribution in [0.3, 0.4) is 0 Å². The molecule has 1 N–H and O–H groups in total. The quantitative estimate of drug-likeness (QED) is 0.569. The highest BCUT2D eigenvalue weighted by atomic mass is 16.7. The molecule has 3 aromatic rings. The molecule has 1 aliphatic rings. The maximum Gasteiger partial charge on any atom is 0.330 e. The predicted octanol–water partition coefficient (Wildman–Crippen LogP) is 5.54. The SMILES string of the molecule is COc1ccc(-c2ccc3[nH]c(C4CCN(OC(=O)C(C)(C)C)CC4)cc3c2)cc1OC. The normalized spacial score (nSPS) is 15.7. The summed E-state index contributed by atoms with van der Waals surface area (Å²) in [5.74, 6) is 1.69. The van der Waals surface area contributed by atoms with Crippen LogP contribution < -0.4 is 9.47 Å². The van der Waals surface area contributed by atoms with Crippen LogP contribution in [0.1, 0.15) is 45.2 Å². The van der Waals surface area contributed by atoms with Gasteiger partial charge in [0.05, 0.1) is 19.6 Å². The number of aromatic nitrogens is 1. The van der Waals surface area contributed by atoms with Crippen LogP contribution in [0, 0.1) is 5.41 Å². The molecule has 4 rings (SSSR count). The van der Waals surface area contributed by atoms with E-state index >= 15 is 0 Å². The van der Waals surface area contributed by atoms with E-state index in [2.05, 4.69) is 29.2 Å². The minimum Gasteiger partial charge on any atom is -0.493 e. The third-order valence-corrected chi connectivity index (χ3v) is 6.08. The van der Waals surface area contributed by atoms with Gasteiger partial charge >= 0.3 is 5.97 Å². The van der Waals surface area contributed by atoms with E-state index in [0.29, 0.717) is 5.92 Å². The third kappa shape index (κ3) is 4.60. The fourth-order valence-electron chi connectivity index (χ4n) is 4.08. The molecule has 1 saturated heterocycles. The first-order valence-corrected chi connectivity index (χ1v) is 11.1. The number of hydrogen-bond donors (Lipinski definition) is 1. The molecule has 1 aliphatic heterocycles. The largest absolute Gasteiger partial charge is 0.493 e. The molecule has 6 heteroatoms. The molecule has 0 unspecified atom stereocenters. The van der Waals surface area contributed by atoms with Crippen LogP contribution in [0.4, 0.5) is 0 Å². The molecule has 1 fully saturated rings. The van der Waals surface area contributed by atoms with Crippen molar-refractivity contribution < 1.29 is 19.1 Å².